The standard InChI is InChI=1S/C11H16N2O2S2/c1-8(2)10(11(12)16)13-17(14,15)9-6-4-3-5-7-9/h3-8,10,13H,1-2H3,(H2,12,16). The highest BCUT2D eigenvalue weighted by Crippen LogP contribution is 2.11. The Bertz CT molecular complexity index is 483. The van der Waals surface area contributed by atoms with E-state index in [9.17, 15) is 8.42 Å². The van der Waals surface area contributed by atoms with Gasteiger partial charge in [-0.1, -0.05) is 44.3 Å². The van der Waals surface area contributed by atoms with Gasteiger partial charge < -0.3 is 5.73 Å². The molecule has 1 atom stereocenters. The molecule has 4 nitrogen and oxygen atoms in total. The molecule has 0 aliphatic heterocycles. The summed E-state index contributed by atoms with van der Waals surface area (Å²) >= 11 is 4.86. The fourth-order valence-electron chi connectivity index (χ4n) is 1.36. The second-order valence-electron chi connectivity index (χ2n) is 4.06. The minimum atomic E-state index is -3.57. The van der Waals surface area contributed by atoms with Crippen LogP contribution < -0.4 is 10.5 Å². The lowest BCUT2D eigenvalue weighted by Gasteiger charge is -2.20. The van der Waals surface area contributed by atoms with Crippen LogP contribution in [0.2, 0.25) is 0 Å². The van der Waals surface area contributed by atoms with E-state index < -0.39 is 16.1 Å². The van der Waals surface area contributed by atoms with Gasteiger partial charge in [-0.3, -0.25) is 0 Å². The number of nitrogens with two attached hydrogens (primary N) is 1. The maximum atomic E-state index is 12.0. The molecule has 0 aliphatic rings. The number of thiocarbonyl (C=S) groups is 1. The van der Waals surface area contributed by atoms with Crippen LogP contribution in [-0.2, 0) is 10.0 Å². The second kappa shape index (κ2) is 5.57. The molecular formula is C11H16N2O2S2. The zero-order valence-electron chi connectivity index (χ0n) is 9.75. The maximum absolute atomic E-state index is 12.0. The summed E-state index contributed by atoms with van der Waals surface area (Å²) in [5, 5.41) is 0. The van der Waals surface area contributed by atoms with E-state index in [1.807, 2.05) is 13.8 Å². The molecule has 0 spiro atoms. The Hall–Kier alpha value is -0.980. The summed E-state index contributed by atoms with van der Waals surface area (Å²) in [6.07, 6.45) is 0. The van der Waals surface area contributed by atoms with Crippen LogP contribution in [0.1, 0.15) is 13.8 Å². The molecule has 0 bridgehead atoms. The van der Waals surface area contributed by atoms with Crippen LogP contribution in [0.3, 0.4) is 0 Å². The monoisotopic (exact) mass is 272 g/mol. The van der Waals surface area contributed by atoms with Crippen LogP contribution in [0.5, 0.6) is 0 Å². The molecule has 6 heteroatoms. The summed E-state index contributed by atoms with van der Waals surface area (Å²) in [6.45, 7) is 3.72. The first kappa shape index (κ1) is 14.1. The molecule has 0 amide bonds. The van der Waals surface area contributed by atoms with Crippen LogP contribution in [0.15, 0.2) is 35.2 Å². The van der Waals surface area contributed by atoms with Crippen LogP contribution in [0.4, 0.5) is 0 Å². The lowest BCUT2D eigenvalue weighted by molar-refractivity contribution is 0.526. The van der Waals surface area contributed by atoms with Crippen molar-refractivity contribution in [1.82, 2.24) is 4.72 Å². The summed E-state index contributed by atoms with van der Waals surface area (Å²) in [6, 6.07) is 7.61. The van der Waals surface area contributed by atoms with Gasteiger partial charge in [0.15, 0.2) is 0 Å². The molecule has 1 aromatic carbocycles. The van der Waals surface area contributed by atoms with Crippen molar-refractivity contribution in [2.24, 2.45) is 11.7 Å². The van der Waals surface area contributed by atoms with Crippen molar-refractivity contribution in [3.8, 4) is 0 Å². The first-order valence-corrected chi connectivity index (χ1v) is 7.10. The number of hydrogen-bond acceptors (Lipinski definition) is 3. The first-order chi connectivity index (χ1) is 7.84. The van der Waals surface area contributed by atoms with Crippen molar-refractivity contribution in [2.45, 2.75) is 24.8 Å². The minimum Gasteiger partial charge on any atom is -0.392 e. The summed E-state index contributed by atoms with van der Waals surface area (Å²) in [5.74, 6) is 0.00554. The summed E-state index contributed by atoms with van der Waals surface area (Å²) in [7, 11) is -3.57. The van der Waals surface area contributed by atoms with Crippen LogP contribution in [0, 0.1) is 5.92 Å². The predicted octanol–water partition coefficient (Wildman–Crippen LogP) is 1.28. The number of rotatable bonds is 5. The molecule has 0 aliphatic carbocycles. The zero-order valence-corrected chi connectivity index (χ0v) is 11.4. The molecule has 3 N–H and O–H groups in total. The van der Waals surface area contributed by atoms with Crippen molar-refractivity contribution >= 4 is 27.2 Å². The van der Waals surface area contributed by atoms with Gasteiger partial charge in [0.2, 0.25) is 10.0 Å². The van der Waals surface area contributed by atoms with E-state index in [0.29, 0.717) is 0 Å². The molecular weight excluding hydrogens is 256 g/mol. The highest BCUT2D eigenvalue weighted by Gasteiger charge is 2.24. The van der Waals surface area contributed by atoms with Gasteiger partial charge >= 0.3 is 0 Å². The molecule has 0 fully saturated rings. The maximum Gasteiger partial charge on any atom is 0.241 e. The number of sulfonamides is 1. The van der Waals surface area contributed by atoms with Gasteiger partial charge in [0.1, 0.15) is 0 Å². The van der Waals surface area contributed by atoms with Gasteiger partial charge in [-0.05, 0) is 18.1 Å². The van der Waals surface area contributed by atoms with Gasteiger partial charge in [0.25, 0.3) is 0 Å². The lowest BCUT2D eigenvalue weighted by Crippen LogP contribution is -2.46. The molecule has 17 heavy (non-hydrogen) atoms. The smallest absolute Gasteiger partial charge is 0.241 e. The summed E-state index contributed by atoms with van der Waals surface area (Å²) in [5.41, 5.74) is 5.53. The quantitative estimate of drug-likeness (QED) is 0.792. The van der Waals surface area contributed by atoms with Crippen LogP contribution in [-0.4, -0.2) is 19.4 Å². The summed E-state index contributed by atoms with van der Waals surface area (Å²) < 4.78 is 26.6. The third-order valence-electron chi connectivity index (χ3n) is 2.31. The van der Waals surface area contributed by atoms with Crippen LogP contribution in [0.25, 0.3) is 0 Å². The molecule has 94 valence electrons. The van der Waals surface area contributed by atoms with E-state index in [1.54, 1.807) is 18.2 Å². The molecule has 1 aromatic rings. The second-order valence-corrected chi connectivity index (χ2v) is 6.24. The Morgan fingerprint density at radius 1 is 1.29 bits per heavy atom. The van der Waals surface area contributed by atoms with Gasteiger partial charge in [0.05, 0.1) is 15.9 Å². The van der Waals surface area contributed by atoms with E-state index in [0.717, 1.165) is 0 Å². The van der Waals surface area contributed by atoms with E-state index in [4.69, 9.17) is 18.0 Å². The Kier molecular flexibility index (Phi) is 4.62. The number of hydrogen-bond donors (Lipinski definition) is 2. The highest BCUT2D eigenvalue weighted by atomic mass is 32.2. The van der Waals surface area contributed by atoms with Gasteiger partial charge in [0, 0.05) is 0 Å². The molecule has 0 radical (unpaired) electrons. The Labute approximate surface area is 107 Å². The topological polar surface area (TPSA) is 72.2 Å². The third kappa shape index (κ3) is 3.76. The average molecular weight is 272 g/mol. The zero-order chi connectivity index (χ0) is 13.1. The van der Waals surface area contributed by atoms with Crippen molar-refractivity contribution in [1.29, 1.82) is 0 Å². The predicted molar refractivity (Wildman–Crippen MR) is 72.2 cm³/mol. The molecule has 1 unspecified atom stereocenters. The van der Waals surface area contributed by atoms with Crippen molar-refractivity contribution in [2.75, 3.05) is 0 Å². The highest BCUT2D eigenvalue weighted by molar-refractivity contribution is 7.89. The molecule has 0 aromatic heterocycles. The molecule has 0 saturated carbocycles. The number of benzene rings is 1. The van der Waals surface area contributed by atoms with Crippen molar-refractivity contribution < 1.29 is 8.42 Å². The molecule has 0 heterocycles. The largest absolute Gasteiger partial charge is 0.392 e. The fraction of sp³-hybridized carbons (Fsp3) is 0.364. The SMILES string of the molecule is CC(C)C(NS(=O)(=O)c1ccccc1)C(N)=S. The third-order valence-corrected chi connectivity index (χ3v) is 4.02. The first-order valence-electron chi connectivity index (χ1n) is 5.21. The van der Waals surface area contributed by atoms with Crippen molar-refractivity contribution in [3.05, 3.63) is 30.3 Å². The molecule has 0 saturated heterocycles. The van der Waals surface area contributed by atoms with Gasteiger partial charge in [-0.2, -0.15) is 0 Å². The Balaban J connectivity index is 2.97. The van der Waals surface area contributed by atoms with E-state index in [1.165, 1.54) is 12.1 Å². The minimum absolute atomic E-state index is 0.00554. The van der Waals surface area contributed by atoms with E-state index >= 15 is 0 Å². The normalized spacial score (nSPS) is 13.6. The average Bonchev–Trinajstić information content (AvgIpc) is 2.26. The Morgan fingerprint density at radius 2 is 1.82 bits per heavy atom. The summed E-state index contributed by atoms with van der Waals surface area (Å²) in [4.78, 5) is 0.362. The van der Waals surface area contributed by atoms with Crippen molar-refractivity contribution in [3.63, 3.8) is 0 Å². The van der Waals surface area contributed by atoms with E-state index in [2.05, 4.69) is 4.72 Å². The van der Waals surface area contributed by atoms with E-state index in [-0.39, 0.29) is 15.8 Å². The Morgan fingerprint density at radius 3 is 2.24 bits per heavy atom. The van der Waals surface area contributed by atoms with Crippen LogP contribution >= 0.6 is 12.2 Å². The fourth-order valence-corrected chi connectivity index (χ4v) is 3.15. The van der Waals surface area contributed by atoms with Gasteiger partial charge in [-0.25, -0.2) is 13.1 Å². The number of nitrogens with one attached hydrogen (secondary N) is 1. The lowest BCUT2D eigenvalue weighted by atomic mass is 10.1. The van der Waals surface area contributed by atoms with Gasteiger partial charge in [-0.15, -0.1) is 0 Å². The molecule has 1 rings (SSSR count).